The van der Waals surface area contributed by atoms with Crippen LogP contribution in [0.1, 0.15) is 13.9 Å². The predicted molar refractivity (Wildman–Crippen MR) is 191 cm³/mol. The highest BCUT2D eigenvalue weighted by Crippen LogP contribution is 2.38. The third-order valence-corrected chi connectivity index (χ3v) is 8.89. The van der Waals surface area contributed by atoms with Gasteiger partial charge in [-0.1, -0.05) is 12.6 Å². The van der Waals surface area contributed by atoms with Gasteiger partial charge in [-0.25, -0.2) is 0 Å². The van der Waals surface area contributed by atoms with Gasteiger partial charge < -0.3 is 56.3 Å². The molecule has 2 heterocycles. The van der Waals surface area contributed by atoms with Crippen molar-refractivity contribution in [2.24, 2.45) is 0 Å². The van der Waals surface area contributed by atoms with E-state index in [1.807, 2.05) is 0 Å². The summed E-state index contributed by atoms with van der Waals surface area (Å²) >= 11 is 3.19. The number of amides is 1. The Kier molecular flexibility index (Phi) is 10.6. The third kappa shape index (κ3) is 9.55. The molecule has 47 heavy (non-hydrogen) atoms. The number of carbonyl (C=O) groups is 1. The molecule has 1 aromatic rings. The standard InChI is InChI=1S/C27H40B3NO12S4/c1-12(26(35)31-17-18(32)19(33)23-25(37-11-36-23)22(17)42-46-9-29)6-14-4-5-15(16(7-14)41-45-8-28)38-27-20(34)24(43-47-10-30)21(39-27)13(2)40-44-3/h4-7,17-25,27,32-34H,2,8-11,28-30H2,1,3H3,(H,31,35)/b12-6+/t17?,18-,19+,20-,21+,22+,23+,24-,25-,27+/m0/s1/i3T,28TD,29TD,30TD,32T,33T,34T. The molecule has 0 aromatic heterocycles. The molecule has 2 aliphatic heterocycles. The molecule has 10 atom stereocenters. The van der Waals surface area contributed by atoms with E-state index < -0.39 is 90.4 Å². The number of rotatable bonds is 23. The zero-order valence-electron chi connectivity index (χ0n) is 35.1. The van der Waals surface area contributed by atoms with E-state index in [1.165, 1.54) is 25.1 Å². The van der Waals surface area contributed by atoms with Crippen LogP contribution in [-0.4, -0.2) is 148 Å². The Balaban J connectivity index is 1.58. The molecule has 20 heteroatoms. The van der Waals surface area contributed by atoms with E-state index in [9.17, 15) is 4.79 Å². The molecule has 3 fully saturated rings. The van der Waals surface area contributed by atoms with Gasteiger partial charge in [-0.3, -0.25) is 4.79 Å². The number of hydrogen-bond donors (Lipinski definition) is 4. The van der Waals surface area contributed by atoms with E-state index >= 15 is 0 Å². The highest BCUT2D eigenvalue weighted by Gasteiger charge is 2.55. The lowest BCUT2D eigenvalue weighted by Crippen LogP contribution is -2.67. The summed E-state index contributed by atoms with van der Waals surface area (Å²) < 4.78 is 122. The molecule has 1 saturated carbocycles. The van der Waals surface area contributed by atoms with E-state index in [0.29, 0.717) is 5.56 Å². The summed E-state index contributed by atoms with van der Waals surface area (Å²) in [6, 6.07) is 3.49. The topological polar surface area (TPSA) is 164 Å². The smallest absolute Gasteiger partial charge is 0.247 e. The molecule has 13 nitrogen and oxygen atoms in total. The molecular formula is C27H40B3NO12S4. The average molecular weight is 748 g/mol. The van der Waals surface area contributed by atoms with E-state index in [4.69, 9.17) is 64.7 Å². The SMILES string of the molecule is [2H]B([3H])CSOc1cc(/C=C(\C)C(=O)NC2[C@@H](OSCB([2H])[3H])[C@@H]3OCO[C@@H]3[C@H](O[3H])[C@H]2O[3H])ccc1O[C@@H]1O[C@H](C(=C)OSC[3H])[C@@H](OSCB([2H])[3H])[C@@H]1O[3H]. The number of hydrogen-bond acceptors (Lipinski definition) is 16. The predicted octanol–water partition coefficient (Wildman–Crippen LogP) is -0.810. The number of aliphatic hydroxyl groups excluding tert-OH is 3. The van der Waals surface area contributed by atoms with E-state index in [2.05, 4.69) is 11.9 Å². The zero-order chi connectivity index (χ0) is 41.6. The molecular weight excluding hydrogens is 691 g/mol. The first-order chi connectivity index (χ1) is 27.3. The first kappa shape index (κ1) is 26.6. The summed E-state index contributed by atoms with van der Waals surface area (Å²) in [5.41, 5.74) is 0.494. The van der Waals surface area contributed by atoms with Gasteiger partial charge in [0.25, 0.3) is 0 Å². The van der Waals surface area contributed by atoms with Gasteiger partial charge >= 0.3 is 0 Å². The molecule has 1 amide bonds. The van der Waals surface area contributed by atoms with Crippen molar-refractivity contribution in [3.05, 3.63) is 41.7 Å². The molecule has 4 rings (SSSR count). The van der Waals surface area contributed by atoms with Crippen LogP contribution in [0.5, 0.6) is 11.5 Å². The molecule has 0 spiro atoms. The number of aliphatic hydroxyl groups is 3. The molecule has 258 valence electrons. The lowest BCUT2D eigenvalue weighted by molar-refractivity contribution is -0.147. The van der Waals surface area contributed by atoms with Crippen LogP contribution >= 0.6 is 48.2 Å². The molecule has 1 unspecified atom stereocenters. The normalized spacial score (nSPS) is 34.7. The van der Waals surface area contributed by atoms with Crippen LogP contribution in [0.2, 0.25) is 0 Å². The number of benzene rings is 1. The van der Waals surface area contributed by atoms with Gasteiger partial charge in [0, 0.05) is 30.9 Å². The largest absolute Gasteiger partial charge is 0.458 e. The Bertz CT molecular complexity index is 1480. The summed E-state index contributed by atoms with van der Waals surface area (Å²) in [6.45, 7) is 5.20. The van der Waals surface area contributed by atoms with Crippen LogP contribution in [0.3, 0.4) is 0 Å². The second-order valence-electron chi connectivity index (χ2n) is 10.1. The molecule has 0 radical (unpaired) electrons. The van der Waals surface area contributed by atoms with E-state index in [-0.39, 0.29) is 52.8 Å². The highest BCUT2D eigenvalue weighted by atomic mass is 32.2. The molecule has 1 aromatic carbocycles. The molecule has 0 bridgehead atoms. The average Bonchev–Trinajstić information content (AvgIpc) is 3.79. The minimum absolute atomic E-state index is 0.0279. The summed E-state index contributed by atoms with van der Waals surface area (Å²) in [4.78, 5) is 13.7. The van der Waals surface area contributed by atoms with Crippen LogP contribution in [0, 0.1) is 0 Å². The Morgan fingerprint density at radius 1 is 1.13 bits per heavy atom. The fourth-order valence-electron chi connectivity index (χ4n) is 5.04. The van der Waals surface area contributed by atoms with Gasteiger partial charge in [0.15, 0.2) is 11.5 Å². The van der Waals surface area contributed by atoms with E-state index in [0.717, 1.165) is 48.2 Å². The minimum Gasteiger partial charge on any atom is -0.458 e. The summed E-state index contributed by atoms with van der Waals surface area (Å²) in [5, 5.41) is 17.5. The van der Waals surface area contributed by atoms with Crippen molar-refractivity contribution in [3.8, 4) is 11.5 Å². The van der Waals surface area contributed by atoms with E-state index in [1.54, 1.807) is 6.07 Å². The maximum absolute atomic E-state index is 13.7. The summed E-state index contributed by atoms with van der Waals surface area (Å²) in [5.74, 6) is -0.422. The monoisotopic (exact) mass is 748 g/mol. The number of ether oxygens (including phenoxy) is 4. The first-order valence-electron chi connectivity index (χ1n) is 19.4. The van der Waals surface area contributed by atoms with Crippen molar-refractivity contribution in [1.82, 2.24) is 5.32 Å². The lowest BCUT2D eigenvalue weighted by atomic mass is 9.83. The Morgan fingerprint density at radius 2 is 1.87 bits per heavy atom. The highest BCUT2D eigenvalue weighted by molar-refractivity contribution is 7.96. The fourth-order valence-corrected chi connectivity index (χ4v) is 6.52. The van der Waals surface area contributed by atoms with Gasteiger partial charge in [0.2, 0.25) is 16.5 Å². The number of fused-ring (bicyclic) bond motifs is 1. The van der Waals surface area contributed by atoms with Crippen molar-refractivity contribution in [2.45, 2.75) is 68.1 Å². The minimum atomic E-state index is -1.32. The van der Waals surface area contributed by atoms with Crippen LogP contribution in [-0.2, 0) is 31.6 Å². The Labute approximate surface area is 309 Å². The first-order valence-corrected chi connectivity index (χ1v) is 17.7. The van der Waals surface area contributed by atoms with Crippen LogP contribution in [0.4, 0.5) is 0 Å². The van der Waals surface area contributed by atoms with Crippen LogP contribution in [0.25, 0.3) is 6.08 Å². The van der Waals surface area contributed by atoms with Crippen molar-refractivity contribution in [3.63, 3.8) is 0 Å². The number of carbonyl (C=O) groups excluding carboxylic acids is 1. The third-order valence-electron chi connectivity index (χ3n) is 7.14. The maximum atomic E-state index is 13.7. The van der Waals surface area contributed by atoms with Gasteiger partial charge in [0.1, 0.15) is 84.7 Å². The maximum Gasteiger partial charge on any atom is 0.247 e. The van der Waals surface area contributed by atoms with Gasteiger partial charge in [-0.2, -0.15) is 0 Å². The summed E-state index contributed by atoms with van der Waals surface area (Å²) in [7, 11) is -3.62. The Hall–Kier alpha value is -1.16. The lowest BCUT2D eigenvalue weighted by Gasteiger charge is -2.43. The van der Waals surface area contributed by atoms with Gasteiger partial charge in [-0.05, 0) is 74.1 Å². The molecule has 3 aliphatic rings. The van der Waals surface area contributed by atoms with Crippen molar-refractivity contribution in [2.75, 3.05) is 30.0 Å². The van der Waals surface area contributed by atoms with Crippen molar-refractivity contribution < 1.29 is 57.2 Å². The quantitative estimate of drug-likeness (QED) is 0.0476. The second-order valence-corrected chi connectivity index (χ2v) is 12.7. The second kappa shape index (κ2) is 18.7. The van der Waals surface area contributed by atoms with Crippen molar-refractivity contribution in [1.29, 1.82) is 12.3 Å². The molecule has 4 N–H and O–H groups in total. The zero-order valence-corrected chi connectivity index (χ0v) is 28.4. The Morgan fingerprint density at radius 3 is 2.62 bits per heavy atom. The van der Waals surface area contributed by atoms with Crippen LogP contribution in [0.15, 0.2) is 36.1 Å². The molecule has 1 aliphatic carbocycles. The van der Waals surface area contributed by atoms with Gasteiger partial charge in [-0.15, -0.1) is 0 Å². The number of nitrogens with one attached hydrogen (secondary N) is 1. The van der Waals surface area contributed by atoms with Crippen molar-refractivity contribution >= 4 is 83.5 Å². The van der Waals surface area contributed by atoms with Gasteiger partial charge in [0.05, 0.1) is 18.1 Å². The molecule has 2 saturated heterocycles. The summed E-state index contributed by atoms with van der Waals surface area (Å²) in [6.07, 6.45) is -8.35. The fraction of sp³-hybridized carbons (Fsp3) is 0.593. The van der Waals surface area contributed by atoms with Crippen LogP contribution < -0.4 is 14.2 Å².